The van der Waals surface area contributed by atoms with Gasteiger partial charge in [0.15, 0.2) is 0 Å². The predicted octanol–water partition coefficient (Wildman–Crippen LogP) is 2.84. The number of pyridine rings is 1. The molecular weight excluding hydrogens is 304 g/mol. The highest BCUT2D eigenvalue weighted by molar-refractivity contribution is 9.10. The average Bonchev–Trinajstić information content (AvgIpc) is 2.67. The Balaban J connectivity index is 2.31. The summed E-state index contributed by atoms with van der Waals surface area (Å²) in [6.07, 6.45) is 2.11. The average molecular weight is 318 g/mol. The summed E-state index contributed by atoms with van der Waals surface area (Å²) >= 11 is 9.52. The van der Waals surface area contributed by atoms with Crippen molar-refractivity contribution in [1.29, 1.82) is 0 Å². The van der Waals surface area contributed by atoms with Gasteiger partial charge >= 0.3 is 0 Å². The van der Waals surface area contributed by atoms with Crippen LogP contribution in [0.4, 0.5) is 0 Å². The molecule has 1 N–H and O–H groups in total. The zero-order valence-corrected chi connectivity index (χ0v) is 12.2. The van der Waals surface area contributed by atoms with E-state index in [0.717, 1.165) is 18.5 Å². The van der Waals surface area contributed by atoms with E-state index >= 15 is 0 Å². The Labute approximate surface area is 113 Å². The normalized spacial score (nSPS) is 29.2. The summed E-state index contributed by atoms with van der Waals surface area (Å²) in [5, 5.41) is 4.15. The third-order valence-electron chi connectivity index (χ3n) is 4.37. The molecular formula is C12H14BrClN2O. The number of nitrogens with one attached hydrogen (secondary N) is 1. The van der Waals surface area contributed by atoms with E-state index in [1.165, 1.54) is 0 Å². The fourth-order valence-electron chi connectivity index (χ4n) is 3.07. The molecule has 3 rings (SSSR count). The summed E-state index contributed by atoms with van der Waals surface area (Å²) in [7, 11) is 0. The maximum atomic E-state index is 12.3. The summed E-state index contributed by atoms with van der Waals surface area (Å²) < 4.78 is 2.40. The molecule has 5 heteroatoms. The Morgan fingerprint density at radius 2 is 2.18 bits per heavy atom. The van der Waals surface area contributed by atoms with Crippen molar-refractivity contribution in [2.24, 2.45) is 5.41 Å². The van der Waals surface area contributed by atoms with Crippen molar-refractivity contribution in [3.8, 4) is 0 Å². The van der Waals surface area contributed by atoms with Gasteiger partial charge in [0.05, 0.1) is 15.2 Å². The van der Waals surface area contributed by atoms with Crippen LogP contribution in [-0.4, -0.2) is 4.57 Å². The number of fused-ring (bicyclic) bond motifs is 2. The molecule has 0 amide bonds. The van der Waals surface area contributed by atoms with Gasteiger partial charge in [-0.25, -0.2) is 0 Å². The molecule has 3 nitrogen and oxygen atoms in total. The van der Waals surface area contributed by atoms with Crippen LogP contribution < -0.4 is 10.9 Å². The van der Waals surface area contributed by atoms with Crippen LogP contribution in [0.2, 0.25) is 5.02 Å². The first kappa shape index (κ1) is 11.8. The fourth-order valence-corrected chi connectivity index (χ4v) is 3.87. The Bertz CT molecular complexity index is 566. The van der Waals surface area contributed by atoms with Crippen molar-refractivity contribution in [2.75, 3.05) is 0 Å². The summed E-state index contributed by atoms with van der Waals surface area (Å²) in [4.78, 5) is 12.3. The minimum atomic E-state index is -0.243. The molecule has 0 radical (unpaired) electrons. The molecule has 2 heterocycles. The molecule has 17 heavy (non-hydrogen) atoms. The van der Waals surface area contributed by atoms with E-state index in [1.807, 2.05) is 4.57 Å². The summed E-state index contributed by atoms with van der Waals surface area (Å²) in [6.45, 7) is 5.06. The largest absolute Gasteiger partial charge is 0.290 e. The van der Waals surface area contributed by atoms with Crippen LogP contribution in [0.1, 0.15) is 32.4 Å². The molecule has 0 bridgehead atoms. The maximum absolute atomic E-state index is 12.3. The van der Waals surface area contributed by atoms with Gasteiger partial charge in [0, 0.05) is 12.0 Å². The molecule has 1 unspecified atom stereocenters. The van der Waals surface area contributed by atoms with E-state index in [9.17, 15) is 4.79 Å². The minimum absolute atomic E-state index is 0.0159. The third kappa shape index (κ3) is 1.29. The van der Waals surface area contributed by atoms with Crippen LogP contribution >= 0.6 is 27.5 Å². The molecule has 1 saturated carbocycles. The van der Waals surface area contributed by atoms with Gasteiger partial charge in [-0.2, -0.15) is 0 Å². The maximum Gasteiger partial charge on any atom is 0.266 e. The van der Waals surface area contributed by atoms with Crippen molar-refractivity contribution in [3.05, 3.63) is 31.6 Å². The lowest BCUT2D eigenvalue weighted by Gasteiger charge is -2.55. The molecule has 1 fully saturated rings. The van der Waals surface area contributed by atoms with E-state index in [1.54, 1.807) is 6.07 Å². The van der Waals surface area contributed by atoms with Gasteiger partial charge in [0.1, 0.15) is 5.66 Å². The molecule has 0 aromatic carbocycles. The number of hydrogen-bond donors (Lipinski definition) is 1. The number of hydrogen-bond acceptors (Lipinski definition) is 2. The molecule has 1 aliphatic heterocycles. The molecule has 1 aliphatic carbocycles. The molecule has 1 atom stereocenters. The molecule has 0 saturated heterocycles. The van der Waals surface area contributed by atoms with Gasteiger partial charge in [-0.15, -0.1) is 0 Å². The first-order chi connectivity index (χ1) is 7.89. The lowest BCUT2D eigenvalue weighted by atomic mass is 9.62. The van der Waals surface area contributed by atoms with Crippen molar-refractivity contribution in [3.63, 3.8) is 0 Å². The van der Waals surface area contributed by atoms with Gasteiger partial charge in [-0.1, -0.05) is 25.4 Å². The van der Waals surface area contributed by atoms with Gasteiger partial charge < -0.3 is 0 Å². The van der Waals surface area contributed by atoms with Gasteiger partial charge in [0.2, 0.25) is 0 Å². The molecule has 1 aromatic rings. The standard InChI is InChI=1S/C12H14BrClN2O/c1-11(2)3-4-12(11)15-6-9-8(14)5-7(13)10(17)16(9)12/h5,15H,3-4,6H2,1-2H3. The van der Waals surface area contributed by atoms with E-state index in [4.69, 9.17) is 11.6 Å². The Kier molecular flexibility index (Phi) is 2.33. The molecule has 1 spiro atoms. The van der Waals surface area contributed by atoms with E-state index in [2.05, 4.69) is 35.1 Å². The van der Waals surface area contributed by atoms with Crippen molar-refractivity contribution in [1.82, 2.24) is 9.88 Å². The number of halogens is 2. The summed E-state index contributed by atoms with van der Waals surface area (Å²) in [6, 6.07) is 1.70. The SMILES string of the molecule is CC1(C)CCC12NCc1c(Cl)cc(Br)c(=O)n12. The topological polar surface area (TPSA) is 34.0 Å². The monoisotopic (exact) mass is 316 g/mol. The quantitative estimate of drug-likeness (QED) is 0.798. The minimum Gasteiger partial charge on any atom is -0.290 e. The second-order valence-electron chi connectivity index (χ2n) is 5.53. The molecule has 1 aromatic heterocycles. The van der Waals surface area contributed by atoms with Gasteiger partial charge in [-0.3, -0.25) is 14.7 Å². The van der Waals surface area contributed by atoms with Crippen LogP contribution in [0.25, 0.3) is 0 Å². The number of rotatable bonds is 0. The second kappa shape index (κ2) is 3.37. The van der Waals surface area contributed by atoms with E-state index in [0.29, 0.717) is 16.0 Å². The second-order valence-corrected chi connectivity index (χ2v) is 6.79. The predicted molar refractivity (Wildman–Crippen MR) is 71.2 cm³/mol. The third-order valence-corrected chi connectivity index (χ3v) is 5.26. The van der Waals surface area contributed by atoms with Crippen LogP contribution in [0.15, 0.2) is 15.3 Å². The van der Waals surface area contributed by atoms with Crippen LogP contribution in [-0.2, 0) is 12.2 Å². The zero-order chi connectivity index (χ0) is 12.4. The Hall–Kier alpha value is -0.320. The fraction of sp³-hybridized carbons (Fsp3) is 0.583. The molecule has 2 aliphatic rings. The van der Waals surface area contributed by atoms with E-state index < -0.39 is 0 Å². The van der Waals surface area contributed by atoms with Gasteiger partial charge in [0.25, 0.3) is 5.56 Å². The highest BCUT2D eigenvalue weighted by Crippen LogP contribution is 2.55. The highest BCUT2D eigenvalue weighted by atomic mass is 79.9. The van der Waals surface area contributed by atoms with Crippen molar-refractivity contribution >= 4 is 27.5 Å². The first-order valence-electron chi connectivity index (χ1n) is 5.74. The smallest absolute Gasteiger partial charge is 0.266 e. The summed E-state index contributed by atoms with van der Waals surface area (Å²) in [5.74, 6) is 0. The summed E-state index contributed by atoms with van der Waals surface area (Å²) in [5.41, 5.74) is 0.772. The van der Waals surface area contributed by atoms with Gasteiger partial charge in [-0.05, 0) is 34.8 Å². The number of aromatic nitrogens is 1. The molecule has 92 valence electrons. The number of nitrogens with zero attached hydrogens (tertiary/aromatic N) is 1. The van der Waals surface area contributed by atoms with Crippen LogP contribution in [0.5, 0.6) is 0 Å². The van der Waals surface area contributed by atoms with E-state index in [-0.39, 0.29) is 16.6 Å². The van der Waals surface area contributed by atoms with Crippen molar-refractivity contribution in [2.45, 2.75) is 38.9 Å². The first-order valence-corrected chi connectivity index (χ1v) is 6.92. The Morgan fingerprint density at radius 3 is 2.71 bits per heavy atom. The Morgan fingerprint density at radius 1 is 1.47 bits per heavy atom. The van der Waals surface area contributed by atoms with Crippen molar-refractivity contribution < 1.29 is 0 Å². The lowest BCUT2D eigenvalue weighted by molar-refractivity contribution is -0.0548. The van der Waals surface area contributed by atoms with Crippen LogP contribution in [0.3, 0.4) is 0 Å². The zero-order valence-electron chi connectivity index (χ0n) is 9.81. The van der Waals surface area contributed by atoms with Crippen LogP contribution in [0, 0.1) is 5.41 Å². The highest BCUT2D eigenvalue weighted by Gasteiger charge is 2.57. The lowest BCUT2D eigenvalue weighted by Crippen LogP contribution is -2.63.